The third-order valence-corrected chi connectivity index (χ3v) is 3.67. The minimum absolute atomic E-state index is 0.0953. The second kappa shape index (κ2) is 10.1. The Labute approximate surface area is 124 Å². The van der Waals surface area contributed by atoms with Crippen molar-refractivity contribution in [2.45, 2.75) is 24.7 Å². The van der Waals surface area contributed by atoms with Crippen LogP contribution in [0, 0.1) is 0 Å². The fourth-order valence-corrected chi connectivity index (χ4v) is 2.40. The normalized spacial score (nSPS) is 10.4. The maximum atomic E-state index is 11.5. The quantitative estimate of drug-likeness (QED) is 0.561. The number of benzene rings is 1. The summed E-state index contributed by atoms with van der Waals surface area (Å²) in [6.45, 7) is 4.08. The molecule has 0 aliphatic rings. The van der Waals surface area contributed by atoms with Crippen LogP contribution in [0.1, 0.15) is 19.8 Å². The molecule has 5 heteroatoms. The second-order valence-corrected chi connectivity index (χ2v) is 5.56. The van der Waals surface area contributed by atoms with E-state index in [-0.39, 0.29) is 5.91 Å². The van der Waals surface area contributed by atoms with Gasteiger partial charge in [-0.1, -0.05) is 11.6 Å². The molecule has 0 bridgehead atoms. The van der Waals surface area contributed by atoms with E-state index >= 15 is 0 Å². The summed E-state index contributed by atoms with van der Waals surface area (Å²) in [5.41, 5.74) is 0. The number of ether oxygens (including phenoxy) is 1. The molecule has 1 aromatic rings. The zero-order chi connectivity index (χ0) is 13.9. The van der Waals surface area contributed by atoms with Crippen molar-refractivity contribution in [1.82, 2.24) is 5.32 Å². The number of carbonyl (C=O) groups is 1. The first-order valence-electron chi connectivity index (χ1n) is 6.45. The molecular weight excluding hydrogens is 282 g/mol. The minimum Gasteiger partial charge on any atom is -0.382 e. The first-order chi connectivity index (χ1) is 9.22. The van der Waals surface area contributed by atoms with Crippen molar-refractivity contribution < 1.29 is 9.53 Å². The molecule has 0 aromatic heterocycles. The van der Waals surface area contributed by atoms with Gasteiger partial charge in [0.15, 0.2) is 0 Å². The van der Waals surface area contributed by atoms with Gasteiger partial charge >= 0.3 is 0 Å². The third kappa shape index (κ3) is 8.14. The molecule has 0 fully saturated rings. The molecule has 0 spiro atoms. The van der Waals surface area contributed by atoms with E-state index in [1.54, 1.807) is 11.8 Å². The van der Waals surface area contributed by atoms with Crippen LogP contribution in [0.2, 0.25) is 5.02 Å². The summed E-state index contributed by atoms with van der Waals surface area (Å²) in [6.07, 6.45) is 1.39. The number of hydrogen-bond acceptors (Lipinski definition) is 3. The summed E-state index contributed by atoms with van der Waals surface area (Å²) >= 11 is 7.47. The molecule has 3 nitrogen and oxygen atoms in total. The van der Waals surface area contributed by atoms with Crippen LogP contribution in [0.3, 0.4) is 0 Å². The summed E-state index contributed by atoms with van der Waals surface area (Å²) < 4.78 is 5.20. The highest BCUT2D eigenvalue weighted by Gasteiger charge is 2.01. The van der Waals surface area contributed by atoms with Gasteiger partial charge in [0, 0.05) is 41.9 Å². The predicted molar refractivity (Wildman–Crippen MR) is 80.9 cm³/mol. The van der Waals surface area contributed by atoms with E-state index in [4.69, 9.17) is 16.3 Å². The Balaban J connectivity index is 2.05. The number of nitrogens with one attached hydrogen (secondary N) is 1. The predicted octanol–water partition coefficient (Wildman–Crippen LogP) is 3.37. The lowest BCUT2D eigenvalue weighted by Crippen LogP contribution is -2.25. The van der Waals surface area contributed by atoms with Gasteiger partial charge < -0.3 is 10.1 Å². The fourth-order valence-electron chi connectivity index (χ4n) is 1.43. The van der Waals surface area contributed by atoms with Crippen molar-refractivity contribution in [1.29, 1.82) is 0 Å². The van der Waals surface area contributed by atoms with Crippen molar-refractivity contribution in [3.8, 4) is 0 Å². The van der Waals surface area contributed by atoms with E-state index < -0.39 is 0 Å². The largest absolute Gasteiger partial charge is 0.382 e. The maximum Gasteiger partial charge on any atom is 0.220 e. The van der Waals surface area contributed by atoms with Crippen LogP contribution in [0.5, 0.6) is 0 Å². The lowest BCUT2D eigenvalue weighted by Gasteiger charge is -2.05. The highest BCUT2D eigenvalue weighted by Crippen LogP contribution is 2.20. The van der Waals surface area contributed by atoms with Gasteiger partial charge in [0.25, 0.3) is 0 Å². The van der Waals surface area contributed by atoms with E-state index in [9.17, 15) is 4.79 Å². The highest BCUT2D eigenvalue weighted by molar-refractivity contribution is 7.99. The molecule has 1 aromatic carbocycles. The van der Waals surface area contributed by atoms with Crippen LogP contribution >= 0.6 is 23.4 Å². The summed E-state index contributed by atoms with van der Waals surface area (Å²) in [5, 5.41) is 3.62. The van der Waals surface area contributed by atoms with Gasteiger partial charge in [-0.05, 0) is 37.6 Å². The summed E-state index contributed by atoms with van der Waals surface area (Å²) in [4.78, 5) is 12.7. The molecule has 1 amide bonds. The van der Waals surface area contributed by atoms with Crippen LogP contribution in [0.4, 0.5) is 0 Å². The fraction of sp³-hybridized carbons (Fsp3) is 0.500. The smallest absolute Gasteiger partial charge is 0.220 e. The Morgan fingerprint density at radius 2 is 2.11 bits per heavy atom. The standard InChI is InChI=1S/C14H20ClNO2S/c1-2-18-10-3-9-16-14(17)8-11-19-13-6-4-12(15)5-7-13/h4-7H,2-3,8-11H2,1H3,(H,16,17). The van der Waals surface area contributed by atoms with Crippen LogP contribution in [0.25, 0.3) is 0 Å². The van der Waals surface area contributed by atoms with Crippen molar-refractivity contribution in [3.63, 3.8) is 0 Å². The van der Waals surface area contributed by atoms with E-state index in [0.29, 0.717) is 19.6 Å². The molecule has 19 heavy (non-hydrogen) atoms. The molecule has 0 unspecified atom stereocenters. The Morgan fingerprint density at radius 3 is 2.79 bits per heavy atom. The van der Waals surface area contributed by atoms with Gasteiger partial charge in [-0.25, -0.2) is 0 Å². The maximum absolute atomic E-state index is 11.5. The van der Waals surface area contributed by atoms with E-state index in [1.807, 2.05) is 31.2 Å². The van der Waals surface area contributed by atoms with Gasteiger partial charge in [-0.2, -0.15) is 0 Å². The van der Waals surface area contributed by atoms with Gasteiger partial charge in [-0.15, -0.1) is 11.8 Å². The molecule has 1 rings (SSSR count). The first-order valence-corrected chi connectivity index (χ1v) is 7.81. The van der Waals surface area contributed by atoms with Gasteiger partial charge in [0.1, 0.15) is 0 Å². The Bertz CT molecular complexity index is 370. The van der Waals surface area contributed by atoms with Gasteiger partial charge in [0.05, 0.1) is 0 Å². The average Bonchev–Trinajstić information content (AvgIpc) is 2.41. The first kappa shape index (κ1) is 16.3. The number of thioether (sulfide) groups is 1. The number of halogens is 1. The Kier molecular flexibility index (Phi) is 8.71. The lowest BCUT2D eigenvalue weighted by atomic mass is 10.4. The number of rotatable bonds is 9. The van der Waals surface area contributed by atoms with E-state index in [2.05, 4.69) is 5.32 Å². The molecular formula is C14H20ClNO2S. The van der Waals surface area contributed by atoms with Crippen LogP contribution < -0.4 is 5.32 Å². The average molecular weight is 302 g/mol. The highest BCUT2D eigenvalue weighted by atomic mass is 35.5. The van der Waals surface area contributed by atoms with Crippen molar-refractivity contribution >= 4 is 29.3 Å². The summed E-state index contributed by atoms with van der Waals surface area (Å²) in [7, 11) is 0. The summed E-state index contributed by atoms with van der Waals surface area (Å²) in [5.74, 6) is 0.872. The Hall–Kier alpha value is -0.710. The van der Waals surface area contributed by atoms with Crippen molar-refractivity contribution in [3.05, 3.63) is 29.3 Å². The number of carbonyl (C=O) groups excluding carboxylic acids is 1. The molecule has 0 aliphatic carbocycles. The zero-order valence-corrected chi connectivity index (χ0v) is 12.7. The van der Waals surface area contributed by atoms with Crippen LogP contribution in [-0.4, -0.2) is 31.4 Å². The van der Waals surface area contributed by atoms with Crippen molar-refractivity contribution in [2.75, 3.05) is 25.5 Å². The van der Waals surface area contributed by atoms with Crippen LogP contribution in [-0.2, 0) is 9.53 Å². The van der Waals surface area contributed by atoms with E-state index in [1.165, 1.54) is 0 Å². The number of amides is 1. The topological polar surface area (TPSA) is 38.3 Å². The lowest BCUT2D eigenvalue weighted by molar-refractivity contribution is -0.120. The zero-order valence-electron chi connectivity index (χ0n) is 11.2. The SMILES string of the molecule is CCOCCCNC(=O)CCSc1ccc(Cl)cc1. The molecule has 0 radical (unpaired) electrons. The van der Waals surface area contributed by atoms with Gasteiger partial charge in [-0.3, -0.25) is 4.79 Å². The molecule has 0 saturated heterocycles. The summed E-state index contributed by atoms with van der Waals surface area (Å²) in [6, 6.07) is 7.65. The van der Waals surface area contributed by atoms with E-state index in [0.717, 1.165) is 28.7 Å². The minimum atomic E-state index is 0.0953. The van der Waals surface area contributed by atoms with Crippen molar-refractivity contribution in [2.24, 2.45) is 0 Å². The molecule has 0 atom stereocenters. The molecule has 106 valence electrons. The monoisotopic (exact) mass is 301 g/mol. The molecule has 0 aliphatic heterocycles. The molecule has 1 N–H and O–H groups in total. The second-order valence-electron chi connectivity index (χ2n) is 3.95. The third-order valence-electron chi connectivity index (χ3n) is 2.40. The Morgan fingerprint density at radius 1 is 1.37 bits per heavy atom. The molecule has 0 heterocycles. The van der Waals surface area contributed by atoms with Crippen LogP contribution in [0.15, 0.2) is 29.2 Å². The van der Waals surface area contributed by atoms with Gasteiger partial charge in [0.2, 0.25) is 5.91 Å². The number of hydrogen-bond donors (Lipinski definition) is 1. The molecule has 0 saturated carbocycles.